The average Bonchev–Trinajstić information content (AvgIpc) is 3.17. The quantitative estimate of drug-likeness (QED) is 0.857. The standard InChI is InChI=1S/C15H20N2O2S/c1-2-16-9-12(8-14(16)18)15(19)17-6-3-4-13(17)11-5-7-20-10-11/h5,7,10,12-13H,2-4,6,8-9H2,1H3. The molecule has 4 nitrogen and oxygen atoms in total. The molecule has 2 amide bonds. The number of hydrogen-bond donors (Lipinski definition) is 0. The summed E-state index contributed by atoms with van der Waals surface area (Å²) >= 11 is 1.68. The number of nitrogens with zero attached hydrogens (tertiary/aromatic N) is 2. The van der Waals surface area contributed by atoms with Crippen LogP contribution in [0.4, 0.5) is 0 Å². The van der Waals surface area contributed by atoms with E-state index >= 15 is 0 Å². The molecule has 5 heteroatoms. The summed E-state index contributed by atoms with van der Waals surface area (Å²) in [5.41, 5.74) is 1.25. The van der Waals surface area contributed by atoms with Crippen LogP contribution in [0.25, 0.3) is 0 Å². The van der Waals surface area contributed by atoms with Crippen molar-refractivity contribution in [1.29, 1.82) is 0 Å². The van der Waals surface area contributed by atoms with E-state index in [1.165, 1.54) is 5.56 Å². The van der Waals surface area contributed by atoms with Gasteiger partial charge in [-0.1, -0.05) is 0 Å². The van der Waals surface area contributed by atoms with Crippen LogP contribution in [0.3, 0.4) is 0 Å². The highest BCUT2D eigenvalue weighted by atomic mass is 32.1. The summed E-state index contributed by atoms with van der Waals surface area (Å²) in [5, 5.41) is 4.20. The smallest absolute Gasteiger partial charge is 0.228 e. The van der Waals surface area contributed by atoms with Gasteiger partial charge in [-0.25, -0.2) is 0 Å². The fourth-order valence-corrected chi connectivity index (χ4v) is 4.03. The number of amides is 2. The zero-order valence-corrected chi connectivity index (χ0v) is 12.6. The highest BCUT2D eigenvalue weighted by molar-refractivity contribution is 7.07. The molecule has 0 N–H and O–H groups in total. The van der Waals surface area contributed by atoms with Gasteiger partial charge < -0.3 is 9.80 Å². The molecule has 3 rings (SSSR count). The lowest BCUT2D eigenvalue weighted by molar-refractivity contribution is -0.136. The fourth-order valence-electron chi connectivity index (χ4n) is 3.32. The van der Waals surface area contributed by atoms with Gasteiger partial charge in [0, 0.05) is 26.1 Å². The Balaban J connectivity index is 1.72. The van der Waals surface area contributed by atoms with E-state index in [1.54, 1.807) is 16.2 Å². The summed E-state index contributed by atoms with van der Waals surface area (Å²) in [4.78, 5) is 28.3. The van der Waals surface area contributed by atoms with Crippen molar-refractivity contribution in [1.82, 2.24) is 9.80 Å². The molecule has 2 aliphatic rings. The van der Waals surface area contributed by atoms with Gasteiger partial charge >= 0.3 is 0 Å². The zero-order valence-electron chi connectivity index (χ0n) is 11.7. The Morgan fingerprint density at radius 2 is 2.35 bits per heavy atom. The third kappa shape index (κ3) is 2.35. The van der Waals surface area contributed by atoms with Gasteiger partial charge in [0.05, 0.1) is 12.0 Å². The van der Waals surface area contributed by atoms with Crippen LogP contribution in [0.1, 0.15) is 37.8 Å². The van der Waals surface area contributed by atoms with Crippen LogP contribution in [0.15, 0.2) is 16.8 Å². The molecule has 2 fully saturated rings. The van der Waals surface area contributed by atoms with E-state index in [0.717, 1.165) is 19.4 Å². The Hall–Kier alpha value is -1.36. The van der Waals surface area contributed by atoms with Crippen molar-refractivity contribution in [2.45, 2.75) is 32.2 Å². The first kappa shape index (κ1) is 13.6. The molecule has 0 aliphatic carbocycles. The van der Waals surface area contributed by atoms with E-state index in [1.807, 2.05) is 11.8 Å². The number of hydrogen-bond acceptors (Lipinski definition) is 3. The van der Waals surface area contributed by atoms with Crippen LogP contribution in [0.2, 0.25) is 0 Å². The maximum atomic E-state index is 12.7. The first-order valence-corrected chi connectivity index (χ1v) is 8.25. The van der Waals surface area contributed by atoms with Crippen molar-refractivity contribution >= 4 is 23.2 Å². The van der Waals surface area contributed by atoms with Crippen molar-refractivity contribution in [3.8, 4) is 0 Å². The van der Waals surface area contributed by atoms with E-state index in [9.17, 15) is 9.59 Å². The van der Waals surface area contributed by atoms with Gasteiger partial charge in [0.15, 0.2) is 0 Å². The van der Waals surface area contributed by atoms with E-state index in [0.29, 0.717) is 19.5 Å². The molecule has 1 aromatic rings. The molecule has 3 heterocycles. The molecule has 0 radical (unpaired) electrons. The molecule has 108 valence electrons. The summed E-state index contributed by atoms with van der Waals surface area (Å²) in [5.74, 6) is 0.154. The molecule has 1 aromatic heterocycles. The third-order valence-electron chi connectivity index (χ3n) is 4.41. The van der Waals surface area contributed by atoms with Gasteiger partial charge in [-0.15, -0.1) is 0 Å². The lowest BCUT2D eigenvalue weighted by Crippen LogP contribution is -2.37. The third-order valence-corrected chi connectivity index (χ3v) is 5.11. The maximum absolute atomic E-state index is 12.7. The number of thiophene rings is 1. The van der Waals surface area contributed by atoms with E-state index in [-0.39, 0.29) is 23.8 Å². The van der Waals surface area contributed by atoms with Gasteiger partial charge in [-0.2, -0.15) is 11.3 Å². The first-order valence-electron chi connectivity index (χ1n) is 7.31. The molecule has 2 aliphatic heterocycles. The Labute approximate surface area is 123 Å². The fraction of sp³-hybridized carbons (Fsp3) is 0.600. The second kappa shape index (κ2) is 5.56. The second-order valence-electron chi connectivity index (χ2n) is 5.58. The van der Waals surface area contributed by atoms with Crippen molar-refractivity contribution < 1.29 is 9.59 Å². The molecule has 2 atom stereocenters. The van der Waals surface area contributed by atoms with Crippen molar-refractivity contribution in [3.05, 3.63) is 22.4 Å². The molecule has 0 saturated carbocycles. The second-order valence-corrected chi connectivity index (χ2v) is 6.36. The van der Waals surface area contributed by atoms with Crippen LogP contribution >= 0.6 is 11.3 Å². The number of carbonyl (C=O) groups excluding carboxylic acids is 2. The largest absolute Gasteiger partial charge is 0.342 e. The summed E-state index contributed by atoms with van der Waals surface area (Å²) in [6, 6.07) is 2.33. The van der Waals surface area contributed by atoms with Crippen LogP contribution in [-0.4, -0.2) is 41.2 Å². The Kier molecular flexibility index (Phi) is 3.78. The maximum Gasteiger partial charge on any atom is 0.228 e. The molecule has 0 aromatic carbocycles. The van der Waals surface area contributed by atoms with Gasteiger partial charge in [-0.3, -0.25) is 9.59 Å². The van der Waals surface area contributed by atoms with Crippen molar-refractivity contribution in [2.24, 2.45) is 5.92 Å². The minimum atomic E-state index is -0.137. The first-order chi connectivity index (χ1) is 9.70. The Morgan fingerprint density at radius 3 is 3.00 bits per heavy atom. The predicted octanol–water partition coefficient (Wildman–Crippen LogP) is 2.28. The summed E-state index contributed by atoms with van der Waals surface area (Å²) < 4.78 is 0. The zero-order chi connectivity index (χ0) is 14.1. The lowest BCUT2D eigenvalue weighted by Gasteiger charge is -2.27. The molecule has 2 saturated heterocycles. The monoisotopic (exact) mass is 292 g/mol. The predicted molar refractivity (Wildman–Crippen MR) is 78.4 cm³/mol. The summed E-state index contributed by atoms with van der Waals surface area (Å²) in [6.45, 7) is 4.10. The van der Waals surface area contributed by atoms with Crippen LogP contribution < -0.4 is 0 Å². The van der Waals surface area contributed by atoms with Gasteiger partial charge in [0.1, 0.15) is 0 Å². The van der Waals surface area contributed by atoms with Gasteiger partial charge in [-0.05, 0) is 42.2 Å². The highest BCUT2D eigenvalue weighted by Crippen LogP contribution is 2.35. The number of likely N-dealkylation sites (tertiary alicyclic amines) is 2. The number of carbonyl (C=O) groups is 2. The van der Waals surface area contributed by atoms with Crippen molar-refractivity contribution in [3.63, 3.8) is 0 Å². The van der Waals surface area contributed by atoms with E-state index in [2.05, 4.69) is 16.8 Å². The van der Waals surface area contributed by atoms with Crippen molar-refractivity contribution in [2.75, 3.05) is 19.6 Å². The summed E-state index contributed by atoms with van der Waals surface area (Å²) in [6.07, 6.45) is 2.49. The van der Waals surface area contributed by atoms with E-state index in [4.69, 9.17) is 0 Å². The van der Waals surface area contributed by atoms with Gasteiger partial charge in [0.25, 0.3) is 0 Å². The lowest BCUT2D eigenvalue weighted by atomic mass is 10.0. The molecule has 0 bridgehead atoms. The molecular formula is C15H20N2O2S. The number of rotatable bonds is 3. The van der Waals surface area contributed by atoms with Crippen LogP contribution in [-0.2, 0) is 9.59 Å². The Morgan fingerprint density at radius 1 is 1.50 bits per heavy atom. The highest BCUT2D eigenvalue weighted by Gasteiger charge is 2.39. The topological polar surface area (TPSA) is 40.6 Å². The molecule has 0 spiro atoms. The minimum absolute atomic E-state index is 0.122. The molecular weight excluding hydrogens is 272 g/mol. The van der Waals surface area contributed by atoms with E-state index < -0.39 is 0 Å². The van der Waals surface area contributed by atoms with Crippen LogP contribution in [0.5, 0.6) is 0 Å². The average molecular weight is 292 g/mol. The van der Waals surface area contributed by atoms with Gasteiger partial charge in [0.2, 0.25) is 11.8 Å². The Bertz CT molecular complexity index is 500. The molecule has 20 heavy (non-hydrogen) atoms. The molecule has 2 unspecified atom stereocenters. The SMILES string of the molecule is CCN1CC(C(=O)N2CCCC2c2ccsc2)CC1=O. The normalized spacial score (nSPS) is 26.6. The summed E-state index contributed by atoms with van der Waals surface area (Å²) in [7, 11) is 0. The minimum Gasteiger partial charge on any atom is -0.342 e. The van der Waals surface area contributed by atoms with Crippen LogP contribution in [0, 0.1) is 5.92 Å².